The molecule has 0 saturated heterocycles. The minimum Gasteiger partial charge on any atom is -0.423 e. The fourth-order valence-corrected chi connectivity index (χ4v) is 1.84. The van der Waals surface area contributed by atoms with Crippen molar-refractivity contribution in [2.75, 3.05) is 0 Å². The van der Waals surface area contributed by atoms with Crippen LogP contribution in [0.25, 0.3) is 0 Å². The number of carbonyl (C=O) groups excluding carboxylic acids is 2. The van der Waals surface area contributed by atoms with Crippen LogP contribution in [-0.4, -0.2) is 16.9 Å². The number of nitrogens with zero attached hydrogens (tertiary/aromatic N) is 1. The smallest absolute Gasteiger partial charge is 0.349 e. The fraction of sp³-hybridized carbons (Fsp3) is 0.267. The van der Waals surface area contributed by atoms with E-state index < -0.39 is 5.97 Å². The Morgan fingerprint density at radius 3 is 2.45 bits per heavy atom. The molecule has 0 fully saturated rings. The summed E-state index contributed by atoms with van der Waals surface area (Å²) in [6.45, 7) is 5.03. The van der Waals surface area contributed by atoms with E-state index in [0.717, 1.165) is 0 Å². The lowest BCUT2D eigenvalue weighted by Gasteiger charge is -2.04. The summed E-state index contributed by atoms with van der Waals surface area (Å²) in [6, 6.07) is 6.41. The van der Waals surface area contributed by atoms with Gasteiger partial charge in [0.05, 0.1) is 5.69 Å². The van der Waals surface area contributed by atoms with Crippen LogP contribution in [0.3, 0.4) is 0 Å². The molecule has 5 nitrogen and oxygen atoms in total. The number of Topliss-reactive ketones (excluding diaryl/α,β-unsaturated/α-hetero) is 1. The Balaban J connectivity index is 2.19. The van der Waals surface area contributed by atoms with E-state index in [1.54, 1.807) is 31.2 Å². The number of aryl methyl sites for hydroxylation is 2. The molecule has 0 aliphatic heterocycles. The van der Waals surface area contributed by atoms with Gasteiger partial charge in [0.1, 0.15) is 17.1 Å². The number of ether oxygens (including phenoxy) is 1. The van der Waals surface area contributed by atoms with Gasteiger partial charge in [0.25, 0.3) is 0 Å². The third-order valence-corrected chi connectivity index (χ3v) is 2.94. The minimum atomic E-state index is -0.504. The molecule has 0 spiro atoms. The van der Waals surface area contributed by atoms with Gasteiger partial charge in [-0.3, -0.25) is 4.79 Å². The lowest BCUT2D eigenvalue weighted by atomic mass is 10.1. The average Bonchev–Trinajstić information content (AvgIpc) is 2.80. The van der Waals surface area contributed by atoms with Crippen molar-refractivity contribution in [1.29, 1.82) is 0 Å². The maximum Gasteiger partial charge on any atom is 0.349 e. The molecule has 0 bridgehead atoms. The molecule has 0 atom stereocenters. The van der Waals surface area contributed by atoms with Crippen molar-refractivity contribution in [2.45, 2.75) is 27.2 Å². The number of esters is 1. The third kappa shape index (κ3) is 2.77. The molecule has 1 aromatic carbocycles. The molecular weight excluding hydrogens is 258 g/mol. The number of rotatable bonds is 4. The van der Waals surface area contributed by atoms with Crippen molar-refractivity contribution in [3.63, 3.8) is 0 Å². The van der Waals surface area contributed by atoms with Gasteiger partial charge in [-0.05, 0) is 44.5 Å². The highest BCUT2D eigenvalue weighted by atomic mass is 16.5. The molecular formula is C15H15NO4. The quantitative estimate of drug-likeness (QED) is 0.486. The van der Waals surface area contributed by atoms with Crippen molar-refractivity contribution in [2.24, 2.45) is 0 Å². The van der Waals surface area contributed by atoms with Crippen molar-refractivity contribution >= 4 is 11.8 Å². The standard InChI is InChI=1S/C15H15NO4/c1-4-13-14(10(3)20-16-13)15(18)19-12-7-5-11(6-8-12)9(2)17/h5-8H,4H2,1-3H3. The van der Waals surface area contributed by atoms with Crippen LogP contribution in [0.4, 0.5) is 0 Å². The van der Waals surface area contributed by atoms with Gasteiger partial charge in [0.15, 0.2) is 5.78 Å². The van der Waals surface area contributed by atoms with Crippen molar-refractivity contribution < 1.29 is 18.8 Å². The van der Waals surface area contributed by atoms with Crippen LogP contribution in [0, 0.1) is 6.92 Å². The second kappa shape index (κ2) is 5.69. The highest BCUT2D eigenvalue weighted by molar-refractivity contribution is 5.95. The van der Waals surface area contributed by atoms with E-state index in [1.807, 2.05) is 6.92 Å². The first kappa shape index (κ1) is 14.0. The fourth-order valence-electron chi connectivity index (χ4n) is 1.84. The Morgan fingerprint density at radius 2 is 1.90 bits per heavy atom. The molecule has 2 rings (SSSR count). The summed E-state index contributed by atoms with van der Waals surface area (Å²) < 4.78 is 10.3. The molecule has 104 valence electrons. The van der Waals surface area contributed by atoms with Gasteiger partial charge >= 0.3 is 5.97 Å². The van der Waals surface area contributed by atoms with E-state index in [9.17, 15) is 9.59 Å². The summed E-state index contributed by atoms with van der Waals surface area (Å²) in [6.07, 6.45) is 0.588. The average molecular weight is 273 g/mol. The van der Waals surface area contributed by atoms with Crippen LogP contribution in [0.2, 0.25) is 0 Å². The van der Waals surface area contributed by atoms with Gasteiger partial charge in [-0.1, -0.05) is 12.1 Å². The van der Waals surface area contributed by atoms with Crippen LogP contribution in [0.15, 0.2) is 28.8 Å². The molecule has 0 saturated carbocycles. The summed E-state index contributed by atoms with van der Waals surface area (Å²) in [7, 11) is 0. The van der Waals surface area contributed by atoms with Crippen LogP contribution < -0.4 is 4.74 Å². The van der Waals surface area contributed by atoms with E-state index in [4.69, 9.17) is 9.26 Å². The number of aromatic nitrogens is 1. The molecule has 0 aliphatic rings. The molecule has 0 unspecified atom stereocenters. The van der Waals surface area contributed by atoms with E-state index in [2.05, 4.69) is 5.16 Å². The van der Waals surface area contributed by atoms with E-state index in [-0.39, 0.29) is 5.78 Å². The Hall–Kier alpha value is -2.43. The predicted octanol–water partition coefficient (Wildman–Crippen LogP) is 2.97. The first-order valence-electron chi connectivity index (χ1n) is 6.31. The Kier molecular flexibility index (Phi) is 3.98. The summed E-state index contributed by atoms with van der Waals surface area (Å²) in [5.41, 5.74) is 1.51. The summed E-state index contributed by atoms with van der Waals surface area (Å²) in [5, 5.41) is 3.81. The molecule has 0 amide bonds. The lowest BCUT2D eigenvalue weighted by Crippen LogP contribution is -2.11. The Morgan fingerprint density at radius 1 is 1.25 bits per heavy atom. The monoisotopic (exact) mass is 273 g/mol. The van der Waals surface area contributed by atoms with Gasteiger partial charge in [0.2, 0.25) is 0 Å². The largest absolute Gasteiger partial charge is 0.423 e. The van der Waals surface area contributed by atoms with Crippen LogP contribution >= 0.6 is 0 Å². The topological polar surface area (TPSA) is 69.4 Å². The van der Waals surface area contributed by atoms with Gasteiger partial charge in [-0.25, -0.2) is 4.79 Å². The third-order valence-electron chi connectivity index (χ3n) is 2.94. The maximum atomic E-state index is 12.1. The molecule has 1 aromatic heterocycles. The van der Waals surface area contributed by atoms with Crippen molar-refractivity contribution in [3.05, 3.63) is 46.8 Å². The van der Waals surface area contributed by atoms with Gasteiger partial charge < -0.3 is 9.26 Å². The molecule has 2 aromatic rings. The number of benzene rings is 1. The zero-order valence-electron chi connectivity index (χ0n) is 11.6. The van der Waals surface area contributed by atoms with Gasteiger partial charge in [-0.15, -0.1) is 0 Å². The molecule has 20 heavy (non-hydrogen) atoms. The number of carbonyl (C=O) groups is 2. The minimum absolute atomic E-state index is 0.0361. The highest BCUT2D eigenvalue weighted by Crippen LogP contribution is 2.19. The Labute approximate surface area is 116 Å². The van der Waals surface area contributed by atoms with Gasteiger partial charge in [-0.2, -0.15) is 0 Å². The maximum absolute atomic E-state index is 12.1. The molecule has 1 heterocycles. The first-order valence-corrected chi connectivity index (χ1v) is 6.31. The first-order chi connectivity index (χ1) is 9.52. The SMILES string of the molecule is CCc1noc(C)c1C(=O)Oc1ccc(C(C)=O)cc1. The second-order valence-corrected chi connectivity index (χ2v) is 4.38. The Bertz CT molecular complexity index is 640. The van der Waals surface area contributed by atoms with Crippen molar-refractivity contribution in [1.82, 2.24) is 5.16 Å². The van der Waals surface area contributed by atoms with E-state index in [0.29, 0.717) is 34.8 Å². The van der Waals surface area contributed by atoms with Crippen molar-refractivity contribution in [3.8, 4) is 5.75 Å². The van der Waals surface area contributed by atoms with E-state index in [1.165, 1.54) is 6.92 Å². The molecule has 5 heteroatoms. The van der Waals surface area contributed by atoms with Crippen LogP contribution in [0.5, 0.6) is 5.75 Å². The highest BCUT2D eigenvalue weighted by Gasteiger charge is 2.21. The van der Waals surface area contributed by atoms with Crippen LogP contribution in [-0.2, 0) is 6.42 Å². The van der Waals surface area contributed by atoms with E-state index >= 15 is 0 Å². The lowest BCUT2D eigenvalue weighted by molar-refractivity contribution is 0.0732. The zero-order valence-corrected chi connectivity index (χ0v) is 11.6. The molecule has 0 radical (unpaired) electrons. The number of ketones is 1. The molecule has 0 aliphatic carbocycles. The summed E-state index contributed by atoms with van der Waals surface area (Å²) in [5.74, 6) is 0.275. The molecule has 0 N–H and O–H groups in total. The summed E-state index contributed by atoms with van der Waals surface area (Å²) in [4.78, 5) is 23.3. The normalized spacial score (nSPS) is 10.3. The number of hydrogen-bond donors (Lipinski definition) is 0. The second-order valence-electron chi connectivity index (χ2n) is 4.38. The summed E-state index contributed by atoms with van der Waals surface area (Å²) >= 11 is 0. The van der Waals surface area contributed by atoms with Gasteiger partial charge in [0, 0.05) is 5.56 Å². The predicted molar refractivity (Wildman–Crippen MR) is 72.0 cm³/mol. The number of hydrogen-bond acceptors (Lipinski definition) is 5. The van der Waals surface area contributed by atoms with Crippen LogP contribution in [0.1, 0.15) is 46.0 Å². The zero-order chi connectivity index (χ0) is 14.7.